The maximum atomic E-state index is 12.7. The van der Waals surface area contributed by atoms with Gasteiger partial charge in [0.05, 0.1) is 6.26 Å². The topological polar surface area (TPSA) is 70.2 Å². The van der Waals surface area contributed by atoms with E-state index in [4.69, 9.17) is 4.74 Å². The molecule has 1 aromatic rings. The average Bonchev–Trinajstić information content (AvgIpc) is 2.68. The molecule has 0 bridgehead atoms. The van der Waals surface area contributed by atoms with Gasteiger partial charge in [-0.15, -0.1) is 0 Å². The summed E-state index contributed by atoms with van der Waals surface area (Å²) in [5, 5.41) is 0. The predicted molar refractivity (Wildman–Crippen MR) is 104 cm³/mol. The normalized spacial score (nSPS) is 20.6. The lowest BCUT2D eigenvalue weighted by Crippen LogP contribution is -2.52. The Balaban J connectivity index is 1.37. The molecular weight excluding hydrogens is 366 g/mol. The summed E-state index contributed by atoms with van der Waals surface area (Å²) in [4.78, 5) is 17.0. The molecule has 1 amide bonds. The molecule has 2 saturated heterocycles. The van der Waals surface area contributed by atoms with Crippen LogP contribution in [0.3, 0.4) is 0 Å². The van der Waals surface area contributed by atoms with E-state index in [1.807, 2.05) is 35.2 Å². The summed E-state index contributed by atoms with van der Waals surface area (Å²) in [6.45, 7) is 5.56. The Hall–Kier alpha value is -1.64. The molecule has 0 atom stereocenters. The molecular formula is C19H29N3O4S. The van der Waals surface area contributed by atoms with Crippen LogP contribution in [0.4, 0.5) is 0 Å². The second-order valence-electron chi connectivity index (χ2n) is 7.26. The summed E-state index contributed by atoms with van der Waals surface area (Å²) in [5.41, 5.74) is 0. The van der Waals surface area contributed by atoms with Crippen LogP contribution in [0.1, 0.15) is 12.8 Å². The van der Waals surface area contributed by atoms with E-state index in [-0.39, 0.29) is 11.8 Å². The number of piperazine rings is 1. The number of carbonyl (C=O) groups excluding carboxylic acids is 1. The smallest absolute Gasteiger partial charge is 0.225 e. The van der Waals surface area contributed by atoms with Gasteiger partial charge in [-0.05, 0) is 25.0 Å². The van der Waals surface area contributed by atoms with E-state index in [2.05, 4.69) is 4.90 Å². The average molecular weight is 396 g/mol. The highest BCUT2D eigenvalue weighted by atomic mass is 32.2. The van der Waals surface area contributed by atoms with Crippen molar-refractivity contribution in [3.8, 4) is 5.75 Å². The summed E-state index contributed by atoms with van der Waals surface area (Å²) >= 11 is 0. The highest BCUT2D eigenvalue weighted by Gasteiger charge is 2.32. The molecule has 0 radical (unpaired) electrons. The quantitative estimate of drug-likeness (QED) is 0.715. The zero-order chi connectivity index (χ0) is 19.3. The third kappa shape index (κ3) is 5.67. The number of rotatable bonds is 6. The van der Waals surface area contributed by atoms with Gasteiger partial charge >= 0.3 is 0 Å². The highest BCUT2D eigenvalue weighted by molar-refractivity contribution is 7.88. The number of benzene rings is 1. The minimum atomic E-state index is -3.15. The first kappa shape index (κ1) is 20.1. The molecule has 2 fully saturated rings. The molecule has 3 rings (SSSR count). The molecule has 27 heavy (non-hydrogen) atoms. The third-order valence-electron chi connectivity index (χ3n) is 5.38. The number of carbonyl (C=O) groups is 1. The number of nitrogens with zero attached hydrogens (tertiary/aromatic N) is 3. The van der Waals surface area contributed by atoms with Crippen LogP contribution < -0.4 is 4.74 Å². The Bertz CT molecular complexity index is 710. The summed E-state index contributed by atoms with van der Waals surface area (Å²) in [7, 11) is -3.15. The van der Waals surface area contributed by atoms with Gasteiger partial charge in [-0.3, -0.25) is 9.69 Å². The largest absolute Gasteiger partial charge is 0.492 e. The fraction of sp³-hybridized carbons (Fsp3) is 0.632. The van der Waals surface area contributed by atoms with Crippen molar-refractivity contribution in [2.45, 2.75) is 12.8 Å². The molecule has 2 aliphatic rings. The van der Waals surface area contributed by atoms with Gasteiger partial charge in [0.2, 0.25) is 15.9 Å². The number of sulfonamides is 1. The van der Waals surface area contributed by atoms with Crippen LogP contribution >= 0.6 is 0 Å². The van der Waals surface area contributed by atoms with Gasteiger partial charge in [-0.1, -0.05) is 18.2 Å². The molecule has 7 nitrogen and oxygen atoms in total. The lowest BCUT2D eigenvalue weighted by molar-refractivity contribution is -0.138. The van der Waals surface area contributed by atoms with Gasteiger partial charge in [0.1, 0.15) is 12.4 Å². The van der Waals surface area contributed by atoms with Crippen molar-refractivity contribution in [2.24, 2.45) is 5.92 Å². The number of hydrogen-bond acceptors (Lipinski definition) is 5. The second kappa shape index (κ2) is 9.03. The van der Waals surface area contributed by atoms with E-state index in [1.54, 1.807) is 0 Å². The van der Waals surface area contributed by atoms with Crippen LogP contribution in [-0.4, -0.2) is 87.1 Å². The standard InChI is InChI=1S/C19H29N3O4S/c1-27(24,25)22-9-7-17(8-10-22)19(23)21-13-11-20(12-14-21)15-16-26-18-5-3-2-4-6-18/h2-6,17H,7-16H2,1H3. The zero-order valence-electron chi connectivity index (χ0n) is 15.9. The van der Waals surface area contributed by atoms with Crippen molar-refractivity contribution in [1.29, 1.82) is 0 Å². The minimum Gasteiger partial charge on any atom is -0.492 e. The van der Waals surface area contributed by atoms with E-state index in [9.17, 15) is 13.2 Å². The lowest BCUT2D eigenvalue weighted by atomic mass is 9.96. The first-order valence-corrected chi connectivity index (χ1v) is 11.4. The van der Waals surface area contributed by atoms with Gasteiger partial charge < -0.3 is 9.64 Å². The molecule has 2 aliphatic heterocycles. The van der Waals surface area contributed by atoms with Crippen molar-refractivity contribution in [3.05, 3.63) is 30.3 Å². The lowest BCUT2D eigenvalue weighted by Gasteiger charge is -2.38. The van der Waals surface area contributed by atoms with Crippen LogP contribution in [0.2, 0.25) is 0 Å². The number of piperidine rings is 1. The molecule has 0 N–H and O–H groups in total. The minimum absolute atomic E-state index is 0.0454. The maximum absolute atomic E-state index is 12.7. The number of amides is 1. The van der Waals surface area contributed by atoms with Crippen LogP contribution in [0.15, 0.2) is 30.3 Å². The molecule has 0 aliphatic carbocycles. The summed E-state index contributed by atoms with van der Waals surface area (Å²) in [6, 6.07) is 9.78. The van der Waals surface area contributed by atoms with E-state index in [0.717, 1.165) is 38.5 Å². The Kier molecular flexibility index (Phi) is 6.73. The second-order valence-corrected chi connectivity index (χ2v) is 9.25. The first-order chi connectivity index (χ1) is 12.9. The molecule has 0 unspecified atom stereocenters. The monoisotopic (exact) mass is 395 g/mol. The Morgan fingerprint density at radius 3 is 2.26 bits per heavy atom. The fourth-order valence-corrected chi connectivity index (χ4v) is 4.57. The molecule has 2 heterocycles. The maximum Gasteiger partial charge on any atom is 0.225 e. The van der Waals surface area contributed by atoms with E-state index in [0.29, 0.717) is 32.5 Å². The molecule has 150 valence electrons. The number of hydrogen-bond donors (Lipinski definition) is 0. The molecule has 0 saturated carbocycles. The van der Waals surface area contributed by atoms with Crippen LogP contribution in [0.5, 0.6) is 5.75 Å². The molecule has 0 spiro atoms. The van der Waals surface area contributed by atoms with Crippen molar-refractivity contribution in [3.63, 3.8) is 0 Å². The number of para-hydroxylation sites is 1. The van der Waals surface area contributed by atoms with E-state index >= 15 is 0 Å². The third-order valence-corrected chi connectivity index (χ3v) is 6.68. The van der Waals surface area contributed by atoms with Crippen LogP contribution in [0.25, 0.3) is 0 Å². The molecule has 0 aromatic heterocycles. The van der Waals surface area contributed by atoms with Gasteiger partial charge in [0.25, 0.3) is 0 Å². The van der Waals surface area contributed by atoms with Crippen molar-refractivity contribution < 1.29 is 17.9 Å². The Morgan fingerprint density at radius 1 is 1.04 bits per heavy atom. The van der Waals surface area contributed by atoms with E-state index < -0.39 is 10.0 Å². The van der Waals surface area contributed by atoms with Gasteiger partial charge in [-0.25, -0.2) is 12.7 Å². The van der Waals surface area contributed by atoms with Crippen molar-refractivity contribution >= 4 is 15.9 Å². The fourth-order valence-electron chi connectivity index (χ4n) is 3.69. The molecule has 8 heteroatoms. The number of ether oxygens (including phenoxy) is 1. The summed E-state index contributed by atoms with van der Waals surface area (Å²) < 4.78 is 30.4. The van der Waals surface area contributed by atoms with Crippen molar-refractivity contribution in [1.82, 2.24) is 14.1 Å². The van der Waals surface area contributed by atoms with Gasteiger partial charge in [0.15, 0.2) is 0 Å². The van der Waals surface area contributed by atoms with Crippen LogP contribution in [0, 0.1) is 5.92 Å². The Labute approximate surface area is 161 Å². The Morgan fingerprint density at radius 2 is 1.67 bits per heavy atom. The first-order valence-electron chi connectivity index (χ1n) is 9.57. The zero-order valence-corrected chi connectivity index (χ0v) is 16.7. The summed E-state index contributed by atoms with van der Waals surface area (Å²) in [6.07, 6.45) is 2.48. The molecule has 1 aromatic carbocycles. The SMILES string of the molecule is CS(=O)(=O)N1CCC(C(=O)N2CCN(CCOc3ccccc3)CC2)CC1. The van der Waals surface area contributed by atoms with Crippen molar-refractivity contribution in [2.75, 3.05) is 58.7 Å². The van der Waals surface area contributed by atoms with Gasteiger partial charge in [0, 0.05) is 51.7 Å². The van der Waals surface area contributed by atoms with Gasteiger partial charge in [-0.2, -0.15) is 0 Å². The highest BCUT2D eigenvalue weighted by Crippen LogP contribution is 2.22. The van der Waals surface area contributed by atoms with Crippen LogP contribution in [-0.2, 0) is 14.8 Å². The van der Waals surface area contributed by atoms with E-state index in [1.165, 1.54) is 10.6 Å². The summed E-state index contributed by atoms with van der Waals surface area (Å²) in [5.74, 6) is 1.02. The predicted octanol–water partition coefficient (Wildman–Crippen LogP) is 0.881.